The molecule has 0 spiro atoms. The Morgan fingerprint density at radius 1 is 1.12 bits per heavy atom. The number of ether oxygens (including phenoxy) is 1. The van der Waals surface area contributed by atoms with Gasteiger partial charge in [0.25, 0.3) is 0 Å². The molecule has 1 aromatic heterocycles. The van der Waals surface area contributed by atoms with Crippen LogP contribution in [0.1, 0.15) is 17.0 Å². The third kappa shape index (κ3) is 5.39. The number of imidazole rings is 1. The zero-order valence-corrected chi connectivity index (χ0v) is 19.7. The second-order valence-corrected chi connectivity index (χ2v) is 8.84. The van der Waals surface area contributed by atoms with Crippen molar-refractivity contribution in [3.8, 4) is 5.69 Å². The summed E-state index contributed by atoms with van der Waals surface area (Å²) in [4.78, 5) is 19.3. The molecule has 1 N–H and O–H groups in total. The van der Waals surface area contributed by atoms with Crippen molar-refractivity contribution in [3.05, 3.63) is 65.5 Å². The topological polar surface area (TPSA) is 59.4 Å². The number of alkyl halides is 3. The van der Waals surface area contributed by atoms with Crippen molar-refractivity contribution < 1.29 is 22.7 Å². The quantitative estimate of drug-likeness (QED) is 0.489. The number of benzene rings is 2. The zero-order valence-electron chi connectivity index (χ0n) is 18.9. The Balaban J connectivity index is 1.54. The SMILES string of the molecule is Cc1nc(SCC(=O)Nc2cc(C(F)(F)F)ccc2N2CCOCC2)n(-c2ccccc2)c1C. The maximum absolute atomic E-state index is 13.3. The first-order valence-electron chi connectivity index (χ1n) is 10.8. The number of hydrogen-bond acceptors (Lipinski definition) is 5. The fourth-order valence-electron chi connectivity index (χ4n) is 3.77. The molecule has 1 fully saturated rings. The van der Waals surface area contributed by atoms with Crippen molar-refractivity contribution in [2.24, 2.45) is 0 Å². The van der Waals surface area contributed by atoms with Crippen molar-refractivity contribution in [1.82, 2.24) is 9.55 Å². The van der Waals surface area contributed by atoms with E-state index in [0.29, 0.717) is 37.1 Å². The number of aromatic nitrogens is 2. The van der Waals surface area contributed by atoms with Gasteiger partial charge in [-0.05, 0) is 44.2 Å². The highest BCUT2D eigenvalue weighted by atomic mass is 32.2. The lowest BCUT2D eigenvalue weighted by Crippen LogP contribution is -2.37. The molecule has 2 heterocycles. The number of aryl methyl sites for hydroxylation is 1. The molecule has 0 atom stereocenters. The summed E-state index contributed by atoms with van der Waals surface area (Å²) in [7, 11) is 0. The van der Waals surface area contributed by atoms with Gasteiger partial charge in [0, 0.05) is 24.5 Å². The molecule has 10 heteroatoms. The van der Waals surface area contributed by atoms with E-state index in [1.807, 2.05) is 53.6 Å². The molecular weight excluding hydrogens is 465 g/mol. The van der Waals surface area contributed by atoms with E-state index >= 15 is 0 Å². The number of halogens is 3. The number of hydrogen-bond donors (Lipinski definition) is 1. The number of carbonyl (C=O) groups excluding carboxylic acids is 1. The van der Waals surface area contributed by atoms with Gasteiger partial charge in [0.1, 0.15) is 0 Å². The predicted octanol–water partition coefficient (Wildman–Crippen LogP) is 5.08. The number of nitrogens with one attached hydrogen (secondary N) is 1. The number of para-hydroxylation sites is 1. The van der Waals surface area contributed by atoms with Crippen LogP contribution in [0.4, 0.5) is 24.5 Å². The van der Waals surface area contributed by atoms with Crippen molar-refractivity contribution >= 4 is 29.0 Å². The number of carbonyl (C=O) groups is 1. The maximum Gasteiger partial charge on any atom is 0.416 e. The summed E-state index contributed by atoms with van der Waals surface area (Å²) in [5.74, 6) is -0.404. The lowest BCUT2D eigenvalue weighted by Gasteiger charge is -2.31. The molecule has 1 saturated heterocycles. The molecule has 4 rings (SSSR count). The van der Waals surface area contributed by atoms with Gasteiger partial charge in [0.15, 0.2) is 5.16 Å². The van der Waals surface area contributed by atoms with Crippen LogP contribution in [-0.2, 0) is 15.7 Å². The first kappa shape index (κ1) is 24.2. The van der Waals surface area contributed by atoms with E-state index in [-0.39, 0.29) is 11.4 Å². The summed E-state index contributed by atoms with van der Waals surface area (Å²) in [5, 5.41) is 3.34. The van der Waals surface area contributed by atoms with Gasteiger partial charge in [0.2, 0.25) is 5.91 Å². The molecule has 1 aliphatic rings. The van der Waals surface area contributed by atoms with Gasteiger partial charge >= 0.3 is 6.18 Å². The molecule has 0 unspecified atom stereocenters. The molecule has 180 valence electrons. The molecule has 3 aromatic rings. The minimum Gasteiger partial charge on any atom is -0.378 e. The van der Waals surface area contributed by atoms with E-state index < -0.39 is 17.6 Å². The summed E-state index contributed by atoms with van der Waals surface area (Å²) < 4.78 is 47.3. The molecule has 0 radical (unpaired) electrons. The second-order valence-electron chi connectivity index (χ2n) is 7.90. The molecule has 0 saturated carbocycles. The average Bonchev–Trinajstić information content (AvgIpc) is 3.11. The number of rotatable bonds is 6. The molecule has 0 aliphatic carbocycles. The van der Waals surface area contributed by atoms with E-state index in [0.717, 1.165) is 29.2 Å². The van der Waals surface area contributed by atoms with Gasteiger partial charge < -0.3 is 15.0 Å². The molecule has 1 amide bonds. The Hall–Kier alpha value is -2.98. The van der Waals surface area contributed by atoms with Crippen LogP contribution in [-0.4, -0.2) is 47.5 Å². The highest BCUT2D eigenvalue weighted by Gasteiger charge is 2.32. The molecule has 0 bridgehead atoms. The Kier molecular flexibility index (Phi) is 7.18. The van der Waals surface area contributed by atoms with E-state index in [4.69, 9.17) is 4.74 Å². The maximum atomic E-state index is 13.3. The lowest BCUT2D eigenvalue weighted by atomic mass is 10.1. The zero-order chi connectivity index (χ0) is 24.3. The Labute approximate surface area is 200 Å². The summed E-state index contributed by atoms with van der Waals surface area (Å²) in [6.07, 6.45) is -4.51. The van der Waals surface area contributed by atoms with Gasteiger partial charge in [-0.15, -0.1) is 0 Å². The summed E-state index contributed by atoms with van der Waals surface area (Å²) in [6, 6.07) is 13.1. The average molecular weight is 491 g/mol. The fourth-order valence-corrected chi connectivity index (χ4v) is 4.67. The normalized spacial score (nSPS) is 14.3. The van der Waals surface area contributed by atoms with E-state index in [1.54, 1.807) is 0 Å². The van der Waals surface area contributed by atoms with Crippen molar-refractivity contribution in [3.63, 3.8) is 0 Å². The number of amides is 1. The van der Waals surface area contributed by atoms with Gasteiger partial charge in [0.05, 0.1) is 41.6 Å². The van der Waals surface area contributed by atoms with E-state index in [1.165, 1.54) is 17.8 Å². The molecule has 34 heavy (non-hydrogen) atoms. The van der Waals surface area contributed by atoms with Gasteiger partial charge in [-0.25, -0.2) is 4.98 Å². The number of anilines is 2. The minimum absolute atomic E-state index is 0.00151. The Bertz CT molecular complexity index is 1160. The Morgan fingerprint density at radius 3 is 2.50 bits per heavy atom. The first-order chi connectivity index (χ1) is 16.2. The van der Waals surface area contributed by atoms with Gasteiger partial charge in [-0.1, -0.05) is 30.0 Å². The number of nitrogens with zero attached hydrogens (tertiary/aromatic N) is 3. The van der Waals surface area contributed by atoms with Crippen LogP contribution in [0.5, 0.6) is 0 Å². The molecule has 2 aromatic carbocycles. The molecule has 1 aliphatic heterocycles. The summed E-state index contributed by atoms with van der Waals surface area (Å²) >= 11 is 1.24. The largest absolute Gasteiger partial charge is 0.416 e. The third-order valence-electron chi connectivity index (χ3n) is 5.61. The highest BCUT2D eigenvalue weighted by molar-refractivity contribution is 7.99. The van der Waals surface area contributed by atoms with E-state index in [2.05, 4.69) is 10.3 Å². The van der Waals surface area contributed by atoms with Crippen LogP contribution in [0.15, 0.2) is 53.7 Å². The second kappa shape index (κ2) is 10.1. The van der Waals surface area contributed by atoms with Crippen LogP contribution in [0.25, 0.3) is 5.69 Å². The van der Waals surface area contributed by atoms with Gasteiger partial charge in [-0.2, -0.15) is 13.2 Å². The minimum atomic E-state index is -4.51. The summed E-state index contributed by atoms with van der Waals surface area (Å²) in [5.41, 5.74) is 2.61. The monoisotopic (exact) mass is 490 g/mol. The van der Waals surface area contributed by atoms with Crippen LogP contribution >= 0.6 is 11.8 Å². The molecule has 6 nitrogen and oxygen atoms in total. The lowest BCUT2D eigenvalue weighted by molar-refractivity contribution is -0.137. The van der Waals surface area contributed by atoms with Crippen LogP contribution in [0.2, 0.25) is 0 Å². The third-order valence-corrected chi connectivity index (χ3v) is 6.55. The van der Waals surface area contributed by atoms with Crippen molar-refractivity contribution in [2.45, 2.75) is 25.2 Å². The first-order valence-corrected chi connectivity index (χ1v) is 11.8. The van der Waals surface area contributed by atoms with Crippen LogP contribution in [0, 0.1) is 13.8 Å². The standard InChI is InChI=1S/C24H25F3N4O2S/c1-16-17(2)31(19-6-4-3-5-7-19)23(28-16)34-15-22(32)29-20-14-18(24(25,26)27)8-9-21(20)30-10-12-33-13-11-30/h3-9,14H,10-13,15H2,1-2H3,(H,29,32). The highest BCUT2D eigenvalue weighted by Crippen LogP contribution is 2.36. The van der Waals surface area contributed by atoms with Crippen molar-refractivity contribution in [1.29, 1.82) is 0 Å². The number of thioether (sulfide) groups is 1. The molecular formula is C24H25F3N4O2S. The van der Waals surface area contributed by atoms with Crippen molar-refractivity contribution in [2.75, 3.05) is 42.3 Å². The number of morpholine rings is 1. The van der Waals surface area contributed by atoms with Crippen LogP contribution in [0.3, 0.4) is 0 Å². The fraction of sp³-hybridized carbons (Fsp3) is 0.333. The Morgan fingerprint density at radius 2 is 1.82 bits per heavy atom. The van der Waals surface area contributed by atoms with Crippen LogP contribution < -0.4 is 10.2 Å². The van der Waals surface area contributed by atoms with E-state index in [9.17, 15) is 18.0 Å². The summed E-state index contributed by atoms with van der Waals surface area (Å²) in [6.45, 7) is 5.88. The van der Waals surface area contributed by atoms with Gasteiger partial charge in [-0.3, -0.25) is 9.36 Å². The smallest absolute Gasteiger partial charge is 0.378 e. The predicted molar refractivity (Wildman–Crippen MR) is 127 cm³/mol.